The van der Waals surface area contributed by atoms with Gasteiger partial charge >= 0.3 is 12.0 Å². The van der Waals surface area contributed by atoms with Crippen molar-refractivity contribution in [1.82, 2.24) is 5.32 Å². The zero-order valence-corrected chi connectivity index (χ0v) is 11.2. The van der Waals surface area contributed by atoms with Crippen molar-refractivity contribution in [2.45, 2.75) is 13.8 Å². The van der Waals surface area contributed by atoms with Crippen LogP contribution in [0, 0.1) is 5.92 Å². The fourth-order valence-corrected chi connectivity index (χ4v) is 1.84. The molecule has 19 heavy (non-hydrogen) atoms. The molecule has 0 atom stereocenters. The summed E-state index contributed by atoms with van der Waals surface area (Å²) in [6, 6.07) is 6.82. The second-order valence-electron chi connectivity index (χ2n) is 4.93. The first kappa shape index (κ1) is 13.4. The van der Waals surface area contributed by atoms with Crippen LogP contribution < -0.4 is 10.2 Å². The summed E-state index contributed by atoms with van der Waals surface area (Å²) in [5, 5.41) is 2.73. The Labute approximate surface area is 112 Å². The maximum absolute atomic E-state index is 11.9. The number of amides is 2. The van der Waals surface area contributed by atoms with Crippen LogP contribution in [-0.2, 0) is 4.74 Å². The van der Waals surface area contributed by atoms with Crippen molar-refractivity contribution in [3.05, 3.63) is 29.8 Å². The van der Waals surface area contributed by atoms with Crippen LogP contribution in [0.3, 0.4) is 0 Å². The molecule has 5 nitrogen and oxygen atoms in total. The highest BCUT2D eigenvalue weighted by molar-refractivity contribution is 5.96. The number of ether oxygens (including phenoxy) is 1. The van der Waals surface area contributed by atoms with E-state index in [-0.39, 0.29) is 12.0 Å². The van der Waals surface area contributed by atoms with E-state index in [0.29, 0.717) is 36.9 Å². The average Bonchev–Trinajstić information content (AvgIpc) is 2.82. The minimum absolute atomic E-state index is 0.132. The van der Waals surface area contributed by atoms with E-state index >= 15 is 0 Å². The molecule has 5 heteroatoms. The maximum atomic E-state index is 11.9. The predicted octanol–water partition coefficient (Wildman–Crippen LogP) is 2.03. The summed E-state index contributed by atoms with van der Waals surface area (Å²) in [4.78, 5) is 25.0. The molecule has 0 unspecified atom stereocenters. The smallest absolute Gasteiger partial charge is 0.338 e. The van der Waals surface area contributed by atoms with Gasteiger partial charge in [0.25, 0.3) is 0 Å². The monoisotopic (exact) mass is 262 g/mol. The summed E-state index contributed by atoms with van der Waals surface area (Å²) < 4.78 is 5.18. The number of benzene rings is 1. The predicted molar refractivity (Wildman–Crippen MR) is 72.3 cm³/mol. The summed E-state index contributed by atoms with van der Waals surface area (Å²) in [7, 11) is 0. The van der Waals surface area contributed by atoms with Gasteiger partial charge in [0, 0.05) is 18.8 Å². The van der Waals surface area contributed by atoms with Crippen molar-refractivity contribution < 1.29 is 14.3 Å². The van der Waals surface area contributed by atoms with Gasteiger partial charge in [-0.1, -0.05) is 19.9 Å². The lowest BCUT2D eigenvalue weighted by Crippen LogP contribution is -2.27. The molecule has 2 rings (SSSR count). The molecule has 0 radical (unpaired) electrons. The van der Waals surface area contributed by atoms with Crippen molar-refractivity contribution in [1.29, 1.82) is 0 Å². The van der Waals surface area contributed by atoms with Crippen molar-refractivity contribution in [2.75, 3.05) is 24.6 Å². The van der Waals surface area contributed by atoms with Crippen LogP contribution in [-0.4, -0.2) is 31.7 Å². The number of nitrogens with zero attached hydrogens (tertiary/aromatic N) is 1. The standard InChI is InChI=1S/C14H18N2O3/c1-10(2)9-19-13(17)11-4-3-5-12(8-11)16-7-6-15-14(16)18/h3-5,8,10H,6-7,9H2,1-2H3,(H,15,18). The molecule has 1 aliphatic heterocycles. The van der Waals surface area contributed by atoms with E-state index in [9.17, 15) is 9.59 Å². The fourth-order valence-electron chi connectivity index (χ4n) is 1.84. The molecule has 1 aliphatic rings. The Hall–Kier alpha value is -2.04. The lowest BCUT2D eigenvalue weighted by atomic mass is 10.2. The van der Waals surface area contributed by atoms with Gasteiger partial charge in [0.15, 0.2) is 0 Å². The van der Waals surface area contributed by atoms with Crippen molar-refractivity contribution in [2.24, 2.45) is 5.92 Å². The third-order valence-corrected chi connectivity index (χ3v) is 2.80. The van der Waals surface area contributed by atoms with Gasteiger partial charge in [-0.15, -0.1) is 0 Å². The van der Waals surface area contributed by atoms with E-state index in [2.05, 4.69) is 5.32 Å². The highest BCUT2D eigenvalue weighted by Crippen LogP contribution is 2.18. The molecule has 1 fully saturated rings. The van der Waals surface area contributed by atoms with Crippen molar-refractivity contribution in [3.8, 4) is 0 Å². The Kier molecular flexibility index (Phi) is 4.04. The zero-order chi connectivity index (χ0) is 13.8. The molecule has 1 saturated heterocycles. The second-order valence-corrected chi connectivity index (χ2v) is 4.93. The van der Waals surface area contributed by atoms with Crippen molar-refractivity contribution >= 4 is 17.7 Å². The number of hydrogen-bond donors (Lipinski definition) is 1. The molecule has 102 valence electrons. The van der Waals surface area contributed by atoms with E-state index in [4.69, 9.17) is 4.74 Å². The molecular formula is C14H18N2O3. The van der Waals surface area contributed by atoms with Crippen LogP contribution in [0.4, 0.5) is 10.5 Å². The van der Waals surface area contributed by atoms with Crippen LogP contribution in [0.25, 0.3) is 0 Å². The second kappa shape index (κ2) is 5.73. The lowest BCUT2D eigenvalue weighted by molar-refractivity contribution is 0.0459. The third-order valence-electron chi connectivity index (χ3n) is 2.80. The molecule has 1 aromatic carbocycles. The molecule has 0 bridgehead atoms. The Bertz CT molecular complexity index is 485. The van der Waals surface area contributed by atoms with Crippen molar-refractivity contribution in [3.63, 3.8) is 0 Å². The van der Waals surface area contributed by atoms with E-state index in [0.717, 1.165) is 0 Å². The SMILES string of the molecule is CC(C)COC(=O)c1cccc(N2CCNC2=O)c1. The fraction of sp³-hybridized carbons (Fsp3) is 0.429. The van der Waals surface area contributed by atoms with E-state index in [1.807, 2.05) is 19.9 Å². The number of carbonyl (C=O) groups excluding carboxylic acids is 2. The molecule has 0 aromatic heterocycles. The van der Waals surface area contributed by atoms with Crippen LogP contribution >= 0.6 is 0 Å². The Balaban J connectivity index is 2.10. The number of carbonyl (C=O) groups is 2. The summed E-state index contributed by atoms with van der Waals surface area (Å²) in [6.07, 6.45) is 0. The topological polar surface area (TPSA) is 58.6 Å². The average molecular weight is 262 g/mol. The van der Waals surface area contributed by atoms with Gasteiger partial charge in [-0.2, -0.15) is 0 Å². The molecular weight excluding hydrogens is 244 g/mol. The molecule has 1 heterocycles. The van der Waals surface area contributed by atoms with Crippen LogP contribution in [0.15, 0.2) is 24.3 Å². The Morgan fingerprint density at radius 3 is 2.89 bits per heavy atom. The van der Waals surface area contributed by atoms with Gasteiger partial charge < -0.3 is 10.1 Å². The minimum atomic E-state index is -0.352. The number of hydrogen-bond acceptors (Lipinski definition) is 3. The number of esters is 1. The summed E-state index contributed by atoms with van der Waals surface area (Å²) >= 11 is 0. The molecule has 0 aliphatic carbocycles. The number of anilines is 1. The molecule has 2 amide bonds. The van der Waals surface area contributed by atoms with Crippen LogP contribution in [0.2, 0.25) is 0 Å². The van der Waals surface area contributed by atoms with Gasteiger partial charge in [0.2, 0.25) is 0 Å². The summed E-state index contributed by atoms with van der Waals surface area (Å²) in [5.74, 6) is -0.0494. The number of rotatable bonds is 4. The third kappa shape index (κ3) is 3.24. The quantitative estimate of drug-likeness (QED) is 0.845. The Morgan fingerprint density at radius 1 is 1.47 bits per heavy atom. The minimum Gasteiger partial charge on any atom is -0.462 e. The largest absolute Gasteiger partial charge is 0.462 e. The van der Waals surface area contributed by atoms with E-state index in [1.54, 1.807) is 23.1 Å². The van der Waals surface area contributed by atoms with Gasteiger partial charge in [-0.3, -0.25) is 4.90 Å². The van der Waals surface area contributed by atoms with E-state index < -0.39 is 0 Å². The first-order valence-electron chi connectivity index (χ1n) is 6.40. The van der Waals surface area contributed by atoms with E-state index in [1.165, 1.54) is 0 Å². The van der Waals surface area contributed by atoms with Gasteiger partial charge in [0.05, 0.1) is 12.2 Å². The summed E-state index contributed by atoms with van der Waals surface area (Å²) in [6.45, 7) is 5.61. The normalized spacial score (nSPS) is 14.7. The lowest BCUT2D eigenvalue weighted by Gasteiger charge is -2.15. The number of urea groups is 1. The van der Waals surface area contributed by atoms with Gasteiger partial charge in [0.1, 0.15) is 0 Å². The van der Waals surface area contributed by atoms with Crippen LogP contribution in [0.1, 0.15) is 24.2 Å². The highest BCUT2D eigenvalue weighted by atomic mass is 16.5. The Morgan fingerprint density at radius 2 is 2.26 bits per heavy atom. The molecule has 0 saturated carbocycles. The van der Waals surface area contributed by atoms with Gasteiger partial charge in [-0.25, -0.2) is 9.59 Å². The highest BCUT2D eigenvalue weighted by Gasteiger charge is 2.21. The van der Waals surface area contributed by atoms with Crippen LogP contribution in [0.5, 0.6) is 0 Å². The first-order chi connectivity index (χ1) is 9.08. The maximum Gasteiger partial charge on any atom is 0.338 e. The molecule has 0 spiro atoms. The van der Waals surface area contributed by atoms with Gasteiger partial charge in [-0.05, 0) is 24.1 Å². The zero-order valence-electron chi connectivity index (χ0n) is 11.2. The number of nitrogens with one attached hydrogen (secondary N) is 1. The first-order valence-corrected chi connectivity index (χ1v) is 6.40. The molecule has 1 N–H and O–H groups in total. The molecule has 1 aromatic rings. The summed E-state index contributed by atoms with van der Waals surface area (Å²) in [5.41, 5.74) is 1.19.